The van der Waals surface area contributed by atoms with Crippen LogP contribution < -0.4 is 5.32 Å². The Bertz CT molecular complexity index is 873. The molecule has 1 heterocycles. The fourth-order valence-electron chi connectivity index (χ4n) is 4.03. The number of amides is 2. The summed E-state index contributed by atoms with van der Waals surface area (Å²) in [5.74, 6) is 0.935. The molecule has 0 aromatic heterocycles. The lowest BCUT2D eigenvalue weighted by Crippen LogP contribution is -2.32. The van der Waals surface area contributed by atoms with E-state index in [4.69, 9.17) is 0 Å². The van der Waals surface area contributed by atoms with Gasteiger partial charge in [-0.15, -0.1) is 0 Å². The number of carbonyl (C=O) groups excluding carboxylic acids is 2. The summed E-state index contributed by atoms with van der Waals surface area (Å²) < 4.78 is 0. The highest BCUT2D eigenvalue weighted by molar-refractivity contribution is 5.94. The smallest absolute Gasteiger partial charge is 0.251 e. The van der Waals surface area contributed by atoms with Gasteiger partial charge in [-0.1, -0.05) is 64.1 Å². The third-order valence-electron chi connectivity index (χ3n) is 6.16. The Labute approximate surface area is 180 Å². The highest BCUT2D eigenvalue weighted by atomic mass is 16.2. The molecule has 1 saturated heterocycles. The summed E-state index contributed by atoms with van der Waals surface area (Å²) in [6.45, 7) is 10.1. The van der Waals surface area contributed by atoms with E-state index in [1.165, 1.54) is 5.56 Å². The molecular weight excluding hydrogens is 372 g/mol. The van der Waals surface area contributed by atoms with Crippen LogP contribution in [0.25, 0.3) is 0 Å². The highest BCUT2D eigenvalue weighted by Gasteiger charge is 2.22. The molecule has 0 radical (unpaired) electrons. The number of nitrogens with one attached hydrogen (secondary N) is 1. The van der Waals surface area contributed by atoms with Crippen LogP contribution in [0.15, 0.2) is 48.5 Å². The lowest BCUT2D eigenvalue weighted by molar-refractivity contribution is -0.128. The van der Waals surface area contributed by atoms with Crippen molar-refractivity contribution in [3.8, 4) is 0 Å². The SMILES string of the molecule is CCC(C)c1ccc(C(NC(=O)c2cccc(CN3CCCC3=O)c2)C(C)C)cc1. The Morgan fingerprint density at radius 1 is 1.07 bits per heavy atom. The maximum absolute atomic E-state index is 13.0. The largest absolute Gasteiger partial charge is 0.345 e. The van der Waals surface area contributed by atoms with Gasteiger partial charge in [0, 0.05) is 25.1 Å². The van der Waals surface area contributed by atoms with Gasteiger partial charge in [0.2, 0.25) is 5.91 Å². The van der Waals surface area contributed by atoms with Crippen LogP contribution in [0.3, 0.4) is 0 Å². The average molecular weight is 407 g/mol. The molecule has 2 atom stereocenters. The first-order valence-corrected chi connectivity index (χ1v) is 11.2. The second-order valence-electron chi connectivity index (χ2n) is 8.79. The van der Waals surface area contributed by atoms with E-state index in [0.29, 0.717) is 24.4 Å². The molecule has 3 rings (SSSR count). The fourth-order valence-corrected chi connectivity index (χ4v) is 4.03. The van der Waals surface area contributed by atoms with Gasteiger partial charge in [-0.3, -0.25) is 9.59 Å². The number of carbonyl (C=O) groups is 2. The Kier molecular flexibility index (Phi) is 7.30. The molecule has 4 nitrogen and oxygen atoms in total. The standard InChI is InChI=1S/C26H34N2O2/c1-5-19(4)21-11-13-22(14-12-21)25(18(2)3)27-26(30)23-9-6-8-20(16-23)17-28-15-7-10-24(28)29/h6,8-9,11-14,16,18-19,25H,5,7,10,15,17H2,1-4H3,(H,27,30). The quantitative estimate of drug-likeness (QED) is 0.634. The molecule has 1 aliphatic rings. The second kappa shape index (κ2) is 9.92. The van der Waals surface area contributed by atoms with E-state index in [1.54, 1.807) is 0 Å². The molecule has 30 heavy (non-hydrogen) atoms. The number of rotatable bonds is 8. The molecule has 2 aromatic rings. The van der Waals surface area contributed by atoms with Crippen molar-refractivity contribution < 1.29 is 9.59 Å². The van der Waals surface area contributed by atoms with Gasteiger partial charge in [-0.05, 0) is 53.5 Å². The topological polar surface area (TPSA) is 49.4 Å². The minimum atomic E-state index is -0.0747. The van der Waals surface area contributed by atoms with Gasteiger partial charge in [0.25, 0.3) is 5.91 Å². The van der Waals surface area contributed by atoms with Crippen LogP contribution in [0, 0.1) is 5.92 Å². The number of nitrogens with zero attached hydrogens (tertiary/aromatic N) is 1. The van der Waals surface area contributed by atoms with Crippen LogP contribution in [0.5, 0.6) is 0 Å². The van der Waals surface area contributed by atoms with Crippen molar-refractivity contribution in [3.63, 3.8) is 0 Å². The van der Waals surface area contributed by atoms with E-state index in [-0.39, 0.29) is 23.8 Å². The molecular formula is C26H34N2O2. The Morgan fingerprint density at radius 2 is 1.77 bits per heavy atom. The molecule has 0 spiro atoms. The maximum atomic E-state index is 13.0. The van der Waals surface area contributed by atoms with Crippen molar-refractivity contribution in [2.75, 3.05) is 6.54 Å². The summed E-state index contributed by atoms with van der Waals surface area (Å²) in [5.41, 5.74) is 4.10. The van der Waals surface area contributed by atoms with Crippen molar-refractivity contribution in [1.29, 1.82) is 0 Å². The number of hydrogen-bond donors (Lipinski definition) is 1. The van der Waals surface area contributed by atoms with Crippen LogP contribution in [0.2, 0.25) is 0 Å². The molecule has 2 unspecified atom stereocenters. The number of hydrogen-bond acceptors (Lipinski definition) is 2. The molecule has 1 aliphatic heterocycles. The molecule has 0 saturated carbocycles. The minimum absolute atomic E-state index is 0.0488. The minimum Gasteiger partial charge on any atom is -0.345 e. The van der Waals surface area contributed by atoms with E-state index in [2.05, 4.69) is 57.3 Å². The normalized spacial score (nSPS) is 16.0. The molecule has 160 valence electrons. The van der Waals surface area contributed by atoms with Crippen LogP contribution >= 0.6 is 0 Å². The van der Waals surface area contributed by atoms with Crippen LogP contribution in [0.4, 0.5) is 0 Å². The van der Waals surface area contributed by atoms with Crippen molar-refractivity contribution in [2.24, 2.45) is 5.92 Å². The Morgan fingerprint density at radius 3 is 2.37 bits per heavy atom. The molecule has 0 bridgehead atoms. The van der Waals surface area contributed by atoms with Crippen LogP contribution in [0.1, 0.15) is 86.0 Å². The third kappa shape index (κ3) is 5.29. The summed E-state index contributed by atoms with van der Waals surface area (Å²) >= 11 is 0. The summed E-state index contributed by atoms with van der Waals surface area (Å²) in [5, 5.41) is 3.22. The lowest BCUT2D eigenvalue weighted by Gasteiger charge is -2.24. The fraction of sp³-hybridized carbons (Fsp3) is 0.462. The van der Waals surface area contributed by atoms with Gasteiger partial charge >= 0.3 is 0 Å². The number of likely N-dealkylation sites (tertiary alicyclic amines) is 1. The molecule has 4 heteroatoms. The summed E-state index contributed by atoms with van der Waals surface area (Å²) in [6, 6.07) is 16.2. The van der Waals surface area contributed by atoms with Crippen LogP contribution in [-0.2, 0) is 11.3 Å². The first kappa shape index (κ1) is 22.1. The first-order valence-electron chi connectivity index (χ1n) is 11.2. The van der Waals surface area contributed by atoms with Crippen LogP contribution in [-0.4, -0.2) is 23.3 Å². The third-order valence-corrected chi connectivity index (χ3v) is 6.16. The van der Waals surface area contributed by atoms with Gasteiger partial charge in [0.15, 0.2) is 0 Å². The Balaban J connectivity index is 1.72. The van der Waals surface area contributed by atoms with Gasteiger partial charge in [0.05, 0.1) is 6.04 Å². The molecule has 2 amide bonds. The van der Waals surface area contributed by atoms with E-state index in [1.807, 2.05) is 29.2 Å². The number of benzene rings is 2. The summed E-state index contributed by atoms with van der Waals surface area (Å²) in [7, 11) is 0. The monoisotopic (exact) mass is 406 g/mol. The molecule has 1 fully saturated rings. The zero-order valence-corrected chi connectivity index (χ0v) is 18.7. The van der Waals surface area contributed by atoms with E-state index in [9.17, 15) is 9.59 Å². The highest BCUT2D eigenvalue weighted by Crippen LogP contribution is 2.26. The van der Waals surface area contributed by atoms with Crippen molar-refractivity contribution in [1.82, 2.24) is 10.2 Å². The maximum Gasteiger partial charge on any atom is 0.251 e. The zero-order valence-electron chi connectivity index (χ0n) is 18.7. The van der Waals surface area contributed by atoms with Gasteiger partial charge < -0.3 is 10.2 Å². The molecule has 2 aromatic carbocycles. The van der Waals surface area contributed by atoms with E-state index < -0.39 is 0 Å². The van der Waals surface area contributed by atoms with E-state index in [0.717, 1.165) is 30.5 Å². The lowest BCUT2D eigenvalue weighted by atomic mass is 9.92. The Hall–Kier alpha value is -2.62. The summed E-state index contributed by atoms with van der Waals surface area (Å²) in [6.07, 6.45) is 2.67. The van der Waals surface area contributed by atoms with E-state index >= 15 is 0 Å². The van der Waals surface area contributed by atoms with Crippen molar-refractivity contribution >= 4 is 11.8 Å². The predicted molar refractivity (Wildman–Crippen MR) is 121 cm³/mol. The predicted octanol–water partition coefficient (Wildman–Crippen LogP) is 5.45. The van der Waals surface area contributed by atoms with Crippen molar-refractivity contribution in [2.45, 2.75) is 65.5 Å². The summed E-state index contributed by atoms with van der Waals surface area (Å²) in [4.78, 5) is 26.8. The molecule has 0 aliphatic carbocycles. The molecule has 1 N–H and O–H groups in total. The van der Waals surface area contributed by atoms with Gasteiger partial charge in [-0.2, -0.15) is 0 Å². The van der Waals surface area contributed by atoms with Gasteiger partial charge in [0.1, 0.15) is 0 Å². The second-order valence-corrected chi connectivity index (χ2v) is 8.79. The first-order chi connectivity index (χ1) is 14.4. The zero-order chi connectivity index (χ0) is 21.7. The van der Waals surface area contributed by atoms with Gasteiger partial charge in [-0.25, -0.2) is 0 Å². The van der Waals surface area contributed by atoms with Crippen molar-refractivity contribution in [3.05, 3.63) is 70.8 Å². The average Bonchev–Trinajstić information content (AvgIpc) is 3.15.